The molecule has 1 atom stereocenters. The Morgan fingerprint density at radius 3 is 2.30 bits per heavy atom. The summed E-state index contributed by atoms with van der Waals surface area (Å²) >= 11 is 1.14. The first-order valence-electron chi connectivity index (χ1n) is 8.70. The van der Waals surface area contributed by atoms with Crippen molar-refractivity contribution in [1.82, 2.24) is 0 Å². The number of hydrogen-bond donors (Lipinski definition) is 1. The maximum atomic E-state index is 12.7. The molecule has 0 aliphatic rings. The van der Waals surface area contributed by atoms with Crippen LogP contribution < -0.4 is 5.32 Å². The van der Waals surface area contributed by atoms with Crippen LogP contribution >= 0.6 is 11.8 Å². The fraction of sp³-hybridized carbons (Fsp3) is 0.286. The van der Waals surface area contributed by atoms with Crippen molar-refractivity contribution in [3.63, 3.8) is 0 Å². The molecule has 0 bridgehead atoms. The molecule has 1 unspecified atom stereocenters. The van der Waals surface area contributed by atoms with Gasteiger partial charge in [-0.15, -0.1) is 11.8 Å². The van der Waals surface area contributed by atoms with E-state index in [2.05, 4.69) is 17.0 Å². The minimum absolute atomic E-state index is 0.0652. The standard InChI is InChI=1S/C21H23NO4S/c1-3-15-9-11-17(12-10-15)22-19(23)14-27-18(13-20(24)26-2)21(25)16-7-5-4-6-8-16/h4-12,18H,3,13-14H2,1-2H3,(H,22,23). The Morgan fingerprint density at radius 2 is 1.70 bits per heavy atom. The highest BCUT2D eigenvalue weighted by atomic mass is 32.2. The van der Waals surface area contributed by atoms with E-state index >= 15 is 0 Å². The first-order valence-corrected chi connectivity index (χ1v) is 9.74. The first-order chi connectivity index (χ1) is 13.0. The predicted octanol–water partition coefficient (Wildman–Crippen LogP) is 3.74. The Labute approximate surface area is 163 Å². The van der Waals surface area contributed by atoms with E-state index in [9.17, 15) is 14.4 Å². The van der Waals surface area contributed by atoms with Gasteiger partial charge in [-0.1, -0.05) is 49.4 Å². The van der Waals surface area contributed by atoms with Crippen LogP contribution in [0.15, 0.2) is 54.6 Å². The number of aryl methyl sites for hydroxylation is 1. The number of carbonyl (C=O) groups excluding carboxylic acids is 3. The van der Waals surface area contributed by atoms with E-state index in [4.69, 9.17) is 0 Å². The fourth-order valence-corrected chi connectivity index (χ4v) is 3.41. The number of rotatable bonds is 9. The molecule has 0 saturated heterocycles. The summed E-state index contributed by atoms with van der Waals surface area (Å²) in [6, 6.07) is 16.4. The van der Waals surface area contributed by atoms with Crippen LogP contribution in [-0.2, 0) is 20.7 Å². The molecular formula is C21H23NO4S. The number of Topliss-reactive ketones (excluding diaryl/α,β-unsaturated/α-hetero) is 1. The van der Waals surface area contributed by atoms with Crippen molar-refractivity contribution in [2.75, 3.05) is 18.2 Å². The van der Waals surface area contributed by atoms with Crippen LogP contribution in [0.3, 0.4) is 0 Å². The van der Waals surface area contributed by atoms with Crippen LogP contribution in [0.25, 0.3) is 0 Å². The molecule has 1 N–H and O–H groups in total. The highest BCUT2D eigenvalue weighted by molar-refractivity contribution is 8.01. The van der Waals surface area contributed by atoms with Gasteiger partial charge in [0.25, 0.3) is 0 Å². The van der Waals surface area contributed by atoms with Crippen molar-refractivity contribution >= 4 is 35.1 Å². The number of hydrogen-bond acceptors (Lipinski definition) is 5. The third kappa shape index (κ3) is 6.57. The number of esters is 1. The van der Waals surface area contributed by atoms with E-state index in [-0.39, 0.29) is 23.9 Å². The van der Waals surface area contributed by atoms with Crippen molar-refractivity contribution < 1.29 is 19.1 Å². The molecule has 0 aromatic heterocycles. The van der Waals surface area contributed by atoms with Gasteiger partial charge < -0.3 is 10.1 Å². The summed E-state index contributed by atoms with van der Waals surface area (Å²) in [5.41, 5.74) is 2.40. The number of nitrogens with one attached hydrogen (secondary N) is 1. The molecule has 0 radical (unpaired) electrons. The molecule has 0 fully saturated rings. The van der Waals surface area contributed by atoms with E-state index in [1.807, 2.05) is 30.3 Å². The molecule has 2 aromatic rings. The second-order valence-corrected chi connectivity index (χ2v) is 7.10. The summed E-state index contributed by atoms with van der Waals surface area (Å²) in [7, 11) is 1.28. The molecule has 142 valence electrons. The van der Waals surface area contributed by atoms with Gasteiger partial charge in [-0.2, -0.15) is 0 Å². The van der Waals surface area contributed by atoms with Crippen molar-refractivity contribution in [3.05, 3.63) is 65.7 Å². The summed E-state index contributed by atoms with van der Waals surface area (Å²) in [5.74, 6) is -0.825. The van der Waals surface area contributed by atoms with E-state index in [1.165, 1.54) is 12.7 Å². The van der Waals surface area contributed by atoms with Gasteiger partial charge in [0, 0.05) is 11.3 Å². The lowest BCUT2D eigenvalue weighted by atomic mass is 10.1. The Balaban J connectivity index is 1.98. The number of anilines is 1. The van der Waals surface area contributed by atoms with Crippen LogP contribution in [0.2, 0.25) is 0 Å². The molecule has 2 aromatic carbocycles. The van der Waals surface area contributed by atoms with Gasteiger partial charge in [-0.25, -0.2) is 0 Å². The maximum Gasteiger partial charge on any atom is 0.307 e. The van der Waals surface area contributed by atoms with Crippen molar-refractivity contribution in [2.45, 2.75) is 25.0 Å². The summed E-state index contributed by atoms with van der Waals surface area (Å²) in [5, 5.41) is 2.13. The van der Waals surface area contributed by atoms with Gasteiger partial charge >= 0.3 is 5.97 Å². The van der Waals surface area contributed by atoms with Gasteiger partial charge in [-0.3, -0.25) is 14.4 Å². The number of amides is 1. The van der Waals surface area contributed by atoms with E-state index < -0.39 is 11.2 Å². The lowest BCUT2D eigenvalue weighted by Crippen LogP contribution is -2.25. The minimum Gasteiger partial charge on any atom is -0.469 e. The quantitative estimate of drug-likeness (QED) is 0.526. The third-order valence-electron chi connectivity index (χ3n) is 3.99. The van der Waals surface area contributed by atoms with Crippen LogP contribution in [0.5, 0.6) is 0 Å². The third-order valence-corrected chi connectivity index (χ3v) is 5.20. The largest absolute Gasteiger partial charge is 0.469 e. The van der Waals surface area contributed by atoms with Crippen molar-refractivity contribution in [3.8, 4) is 0 Å². The monoisotopic (exact) mass is 385 g/mol. The first kappa shape index (κ1) is 20.7. The van der Waals surface area contributed by atoms with E-state index in [0.717, 1.165) is 18.2 Å². The van der Waals surface area contributed by atoms with Gasteiger partial charge in [0.2, 0.25) is 5.91 Å². The minimum atomic E-state index is -0.673. The summed E-state index contributed by atoms with van der Waals surface area (Å²) in [6.45, 7) is 2.06. The van der Waals surface area contributed by atoms with Gasteiger partial charge in [0.05, 0.1) is 24.5 Å². The van der Waals surface area contributed by atoms with E-state index in [1.54, 1.807) is 24.3 Å². The maximum absolute atomic E-state index is 12.7. The van der Waals surface area contributed by atoms with Crippen molar-refractivity contribution in [2.24, 2.45) is 0 Å². The Hall–Kier alpha value is -2.60. The van der Waals surface area contributed by atoms with Crippen LogP contribution in [0.4, 0.5) is 5.69 Å². The topological polar surface area (TPSA) is 72.5 Å². The number of ether oxygens (including phenoxy) is 1. The van der Waals surface area contributed by atoms with Crippen LogP contribution in [-0.4, -0.2) is 35.8 Å². The fourth-order valence-electron chi connectivity index (χ4n) is 2.45. The average molecular weight is 385 g/mol. The highest BCUT2D eigenvalue weighted by Crippen LogP contribution is 2.21. The average Bonchev–Trinajstić information content (AvgIpc) is 2.71. The van der Waals surface area contributed by atoms with Gasteiger partial charge in [0.15, 0.2) is 5.78 Å². The zero-order chi connectivity index (χ0) is 19.6. The summed E-state index contributed by atoms with van der Waals surface area (Å²) in [6.07, 6.45) is 0.855. The zero-order valence-electron chi connectivity index (χ0n) is 15.4. The van der Waals surface area contributed by atoms with Crippen molar-refractivity contribution in [1.29, 1.82) is 0 Å². The van der Waals surface area contributed by atoms with E-state index in [0.29, 0.717) is 11.3 Å². The zero-order valence-corrected chi connectivity index (χ0v) is 16.3. The predicted molar refractivity (Wildman–Crippen MR) is 108 cm³/mol. The molecule has 27 heavy (non-hydrogen) atoms. The lowest BCUT2D eigenvalue weighted by molar-refractivity contribution is -0.140. The lowest BCUT2D eigenvalue weighted by Gasteiger charge is -2.14. The molecule has 5 nitrogen and oxygen atoms in total. The molecule has 1 amide bonds. The molecule has 0 aliphatic heterocycles. The Morgan fingerprint density at radius 1 is 1.04 bits per heavy atom. The summed E-state index contributed by atoms with van der Waals surface area (Å²) < 4.78 is 4.69. The molecule has 0 saturated carbocycles. The normalized spacial score (nSPS) is 11.5. The molecule has 2 rings (SSSR count). The number of benzene rings is 2. The number of carbonyl (C=O) groups is 3. The number of thioether (sulfide) groups is 1. The Kier molecular flexibility index (Phi) is 8.07. The second-order valence-electron chi connectivity index (χ2n) is 5.91. The molecular weight excluding hydrogens is 362 g/mol. The van der Waals surface area contributed by atoms with Crippen LogP contribution in [0, 0.1) is 0 Å². The molecule has 0 spiro atoms. The molecule has 6 heteroatoms. The summed E-state index contributed by atoms with van der Waals surface area (Å²) in [4.78, 5) is 36.6. The number of methoxy groups -OCH3 is 1. The second kappa shape index (κ2) is 10.5. The molecule has 0 heterocycles. The van der Waals surface area contributed by atoms with Gasteiger partial charge in [0.1, 0.15) is 0 Å². The number of ketones is 1. The van der Waals surface area contributed by atoms with Crippen LogP contribution in [0.1, 0.15) is 29.3 Å². The SMILES string of the molecule is CCc1ccc(NC(=O)CSC(CC(=O)OC)C(=O)c2ccccc2)cc1. The Bertz CT molecular complexity index is 775. The highest BCUT2D eigenvalue weighted by Gasteiger charge is 2.25. The molecule has 0 aliphatic carbocycles. The smallest absolute Gasteiger partial charge is 0.307 e. The van der Waals surface area contributed by atoms with Gasteiger partial charge in [-0.05, 0) is 24.1 Å².